The van der Waals surface area contributed by atoms with Gasteiger partial charge in [-0.15, -0.1) is 5.10 Å². The highest BCUT2D eigenvalue weighted by Gasteiger charge is 2.26. The van der Waals surface area contributed by atoms with Gasteiger partial charge >= 0.3 is 0 Å². The smallest absolute Gasteiger partial charge is 0.283 e. The molecule has 23 heavy (non-hydrogen) atoms. The quantitative estimate of drug-likeness (QED) is 0.767. The first kappa shape index (κ1) is 15.6. The van der Waals surface area contributed by atoms with E-state index in [4.69, 9.17) is 4.74 Å². The van der Waals surface area contributed by atoms with Crippen molar-refractivity contribution in [3.63, 3.8) is 0 Å². The van der Waals surface area contributed by atoms with Crippen LogP contribution in [-0.2, 0) is 22.6 Å². The van der Waals surface area contributed by atoms with Gasteiger partial charge in [-0.2, -0.15) is 0 Å². The third kappa shape index (κ3) is 2.96. The Hall–Kier alpha value is -2.29. The van der Waals surface area contributed by atoms with Crippen LogP contribution < -0.4 is 5.56 Å². The summed E-state index contributed by atoms with van der Waals surface area (Å²) in [5.74, 6) is -0.127. The van der Waals surface area contributed by atoms with Gasteiger partial charge in [0.05, 0.1) is 12.2 Å². The van der Waals surface area contributed by atoms with E-state index in [0.717, 1.165) is 0 Å². The Morgan fingerprint density at radius 2 is 2.04 bits per heavy atom. The van der Waals surface area contributed by atoms with Gasteiger partial charge < -0.3 is 9.64 Å². The number of amides is 1. The fraction of sp³-hybridized carbons (Fsp3) is 0.643. The molecule has 3 heterocycles. The zero-order chi connectivity index (χ0) is 16.6. The van der Waals surface area contributed by atoms with Crippen LogP contribution in [0.4, 0.5) is 0 Å². The monoisotopic (exact) mass is 320 g/mol. The van der Waals surface area contributed by atoms with E-state index >= 15 is 0 Å². The summed E-state index contributed by atoms with van der Waals surface area (Å²) in [4.78, 5) is 30.8. The zero-order valence-electron chi connectivity index (χ0n) is 13.5. The molecule has 9 nitrogen and oxygen atoms in total. The lowest BCUT2D eigenvalue weighted by atomic mass is 10.2. The number of carbonyl (C=O) groups excluding carboxylic acids is 1. The average molecular weight is 320 g/mol. The largest absolute Gasteiger partial charge is 0.372 e. The van der Waals surface area contributed by atoms with Gasteiger partial charge in [0, 0.05) is 19.6 Å². The highest BCUT2D eigenvalue weighted by atomic mass is 16.5. The molecule has 0 saturated carbocycles. The summed E-state index contributed by atoms with van der Waals surface area (Å²) in [7, 11) is 0. The second kappa shape index (κ2) is 6.07. The molecular formula is C14H20N6O3. The normalized spacial score (nSPS) is 21.8. The van der Waals surface area contributed by atoms with Crippen molar-refractivity contribution in [1.82, 2.24) is 29.4 Å². The predicted molar refractivity (Wildman–Crippen MR) is 81.8 cm³/mol. The Balaban J connectivity index is 1.82. The number of nitrogens with zero attached hydrogens (tertiary/aromatic N) is 6. The molecule has 1 aliphatic rings. The summed E-state index contributed by atoms with van der Waals surface area (Å²) in [5, 5.41) is 7.75. The minimum atomic E-state index is -0.350. The fourth-order valence-electron chi connectivity index (χ4n) is 2.84. The minimum Gasteiger partial charge on any atom is -0.372 e. The molecule has 0 aliphatic carbocycles. The van der Waals surface area contributed by atoms with Crippen LogP contribution in [0.15, 0.2) is 11.1 Å². The molecule has 0 aromatic carbocycles. The summed E-state index contributed by atoms with van der Waals surface area (Å²) >= 11 is 0. The van der Waals surface area contributed by atoms with Crippen LogP contribution in [0.1, 0.15) is 20.8 Å². The zero-order valence-corrected chi connectivity index (χ0v) is 13.5. The van der Waals surface area contributed by atoms with Crippen LogP contribution in [0, 0.1) is 0 Å². The van der Waals surface area contributed by atoms with Crippen molar-refractivity contribution < 1.29 is 9.53 Å². The first-order valence-electron chi connectivity index (χ1n) is 7.71. The number of rotatable bonds is 3. The molecule has 1 saturated heterocycles. The van der Waals surface area contributed by atoms with Crippen molar-refractivity contribution in [3.05, 3.63) is 16.7 Å². The summed E-state index contributed by atoms with van der Waals surface area (Å²) in [6, 6.07) is 0. The molecule has 0 spiro atoms. The van der Waals surface area contributed by atoms with E-state index in [2.05, 4.69) is 15.3 Å². The van der Waals surface area contributed by atoms with Gasteiger partial charge in [0.2, 0.25) is 5.91 Å². The van der Waals surface area contributed by atoms with E-state index in [1.807, 2.05) is 20.8 Å². The standard InChI is InChI=1S/C14H20N6O3/c1-4-20-13-12(16-17-20)14(22)19(8-15-13)7-11(21)18-5-9(2)23-10(3)6-18/h8-10H,4-7H2,1-3H3/t9-,10-/m1/s1. The van der Waals surface area contributed by atoms with Gasteiger partial charge in [0.1, 0.15) is 12.9 Å². The van der Waals surface area contributed by atoms with Gasteiger partial charge in [0.25, 0.3) is 5.56 Å². The molecule has 2 atom stereocenters. The predicted octanol–water partition coefficient (Wildman–Crippen LogP) is -0.356. The van der Waals surface area contributed by atoms with E-state index in [-0.39, 0.29) is 35.7 Å². The molecule has 0 radical (unpaired) electrons. The SMILES string of the molecule is CCn1nnc2c(=O)n(CC(=O)N3C[C@@H](C)O[C@H](C)C3)cnc21. The van der Waals surface area contributed by atoms with Crippen molar-refractivity contribution >= 4 is 17.1 Å². The van der Waals surface area contributed by atoms with Crippen LogP contribution in [0.25, 0.3) is 11.2 Å². The van der Waals surface area contributed by atoms with Crippen molar-refractivity contribution in [2.75, 3.05) is 13.1 Å². The van der Waals surface area contributed by atoms with Crippen LogP contribution in [0.5, 0.6) is 0 Å². The van der Waals surface area contributed by atoms with E-state index in [0.29, 0.717) is 25.3 Å². The molecule has 2 aromatic rings. The third-order valence-corrected chi connectivity index (χ3v) is 3.87. The second-order valence-electron chi connectivity index (χ2n) is 5.81. The molecule has 2 aromatic heterocycles. The minimum absolute atomic E-state index is 0.00974. The number of fused-ring (bicyclic) bond motifs is 1. The first-order valence-corrected chi connectivity index (χ1v) is 7.71. The second-order valence-corrected chi connectivity index (χ2v) is 5.81. The molecule has 0 unspecified atom stereocenters. The van der Waals surface area contributed by atoms with E-state index in [1.165, 1.54) is 10.9 Å². The molecule has 3 rings (SSSR count). The summed E-state index contributed by atoms with van der Waals surface area (Å²) in [6.07, 6.45) is 1.36. The van der Waals surface area contributed by atoms with Gasteiger partial charge in [-0.3, -0.25) is 14.2 Å². The number of hydrogen-bond acceptors (Lipinski definition) is 6. The molecule has 9 heteroatoms. The van der Waals surface area contributed by atoms with E-state index < -0.39 is 0 Å². The first-order chi connectivity index (χ1) is 11.0. The molecule has 124 valence electrons. The average Bonchev–Trinajstić information content (AvgIpc) is 2.92. The summed E-state index contributed by atoms with van der Waals surface area (Å²) in [5.41, 5.74) is 0.276. The number of aryl methyl sites for hydroxylation is 1. The Bertz CT molecular complexity index is 772. The number of hydrogen-bond donors (Lipinski definition) is 0. The number of carbonyl (C=O) groups is 1. The molecule has 0 N–H and O–H groups in total. The Labute approximate surface area is 132 Å². The Morgan fingerprint density at radius 1 is 1.35 bits per heavy atom. The Kier molecular flexibility index (Phi) is 4.12. The number of ether oxygens (including phenoxy) is 1. The van der Waals surface area contributed by atoms with Gasteiger partial charge in [0.15, 0.2) is 11.2 Å². The molecule has 1 aliphatic heterocycles. The van der Waals surface area contributed by atoms with Crippen molar-refractivity contribution in [1.29, 1.82) is 0 Å². The molecular weight excluding hydrogens is 300 g/mol. The molecule has 0 bridgehead atoms. The third-order valence-electron chi connectivity index (χ3n) is 3.87. The lowest BCUT2D eigenvalue weighted by molar-refractivity contribution is -0.143. The van der Waals surface area contributed by atoms with Crippen molar-refractivity contribution in [2.24, 2.45) is 0 Å². The Morgan fingerprint density at radius 3 is 2.70 bits per heavy atom. The lowest BCUT2D eigenvalue weighted by Gasteiger charge is -2.35. The van der Waals surface area contributed by atoms with E-state index in [1.54, 1.807) is 9.58 Å². The van der Waals surface area contributed by atoms with Crippen molar-refractivity contribution in [3.8, 4) is 0 Å². The van der Waals surface area contributed by atoms with Crippen LogP contribution in [0.2, 0.25) is 0 Å². The van der Waals surface area contributed by atoms with Crippen LogP contribution >= 0.6 is 0 Å². The highest BCUT2D eigenvalue weighted by Crippen LogP contribution is 2.11. The number of morpholine rings is 1. The summed E-state index contributed by atoms with van der Waals surface area (Å²) < 4.78 is 8.45. The lowest BCUT2D eigenvalue weighted by Crippen LogP contribution is -2.49. The summed E-state index contributed by atoms with van der Waals surface area (Å²) in [6.45, 7) is 7.33. The van der Waals surface area contributed by atoms with E-state index in [9.17, 15) is 9.59 Å². The van der Waals surface area contributed by atoms with Crippen molar-refractivity contribution in [2.45, 2.75) is 46.1 Å². The maximum Gasteiger partial charge on any atom is 0.283 e. The fourth-order valence-corrected chi connectivity index (χ4v) is 2.84. The van der Waals surface area contributed by atoms with Crippen LogP contribution in [0.3, 0.4) is 0 Å². The van der Waals surface area contributed by atoms with Gasteiger partial charge in [-0.25, -0.2) is 9.67 Å². The maximum absolute atomic E-state index is 12.4. The van der Waals surface area contributed by atoms with Gasteiger partial charge in [-0.05, 0) is 20.8 Å². The highest BCUT2D eigenvalue weighted by molar-refractivity contribution is 5.76. The topological polar surface area (TPSA) is 95.1 Å². The molecule has 1 fully saturated rings. The van der Waals surface area contributed by atoms with Crippen LogP contribution in [-0.4, -0.2) is 60.6 Å². The van der Waals surface area contributed by atoms with Gasteiger partial charge in [-0.1, -0.05) is 5.21 Å². The maximum atomic E-state index is 12.4. The number of aromatic nitrogens is 5. The molecule has 1 amide bonds.